The summed E-state index contributed by atoms with van der Waals surface area (Å²) in [6.07, 6.45) is 1.39. The van der Waals surface area contributed by atoms with Crippen molar-refractivity contribution in [1.29, 1.82) is 5.26 Å². The molecule has 78 valence electrons. The van der Waals surface area contributed by atoms with Gasteiger partial charge in [0, 0.05) is 5.56 Å². The molecular formula is C11H7ClN4. The lowest BCUT2D eigenvalue weighted by Gasteiger charge is -2.03. The molecule has 0 saturated carbocycles. The second kappa shape index (κ2) is 4.17. The zero-order valence-corrected chi connectivity index (χ0v) is 8.94. The van der Waals surface area contributed by atoms with Crippen molar-refractivity contribution in [2.75, 3.05) is 5.73 Å². The number of nitriles is 1. The third kappa shape index (κ3) is 1.81. The highest BCUT2D eigenvalue weighted by Crippen LogP contribution is 2.25. The Kier molecular flexibility index (Phi) is 2.71. The summed E-state index contributed by atoms with van der Waals surface area (Å²) < 4.78 is 0. The molecule has 1 heterocycles. The van der Waals surface area contributed by atoms with Crippen molar-refractivity contribution < 1.29 is 0 Å². The van der Waals surface area contributed by atoms with Crippen LogP contribution in [-0.4, -0.2) is 9.97 Å². The standard InChI is InChI=1S/C11H7ClN4/c12-9-4-2-1-3-8(9)11-15-6-7(5-13)10(14)16-11/h1-4,6H,(H2,14,15,16). The SMILES string of the molecule is N#Cc1cnc(-c2ccccc2Cl)nc1N. The molecule has 1 aromatic carbocycles. The molecule has 0 bridgehead atoms. The molecular weight excluding hydrogens is 224 g/mol. The van der Waals surface area contributed by atoms with Gasteiger partial charge in [0.1, 0.15) is 17.5 Å². The van der Waals surface area contributed by atoms with Crippen LogP contribution in [0.3, 0.4) is 0 Å². The van der Waals surface area contributed by atoms with Gasteiger partial charge in [0.25, 0.3) is 0 Å². The predicted molar refractivity (Wildman–Crippen MR) is 61.6 cm³/mol. The molecule has 0 unspecified atom stereocenters. The molecule has 0 fully saturated rings. The number of anilines is 1. The van der Waals surface area contributed by atoms with E-state index in [9.17, 15) is 0 Å². The van der Waals surface area contributed by atoms with E-state index in [-0.39, 0.29) is 11.4 Å². The number of rotatable bonds is 1. The Morgan fingerprint density at radius 3 is 2.69 bits per heavy atom. The van der Waals surface area contributed by atoms with Crippen LogP contribution in [0.5, 0.6) is 0 Å². The molecule has 0 aliphatic carbocycles. The van der Waals surface area contributed by atoms with E-state index < -0.39 is 0 Å². The number of nitrogens with zero attached hydrogens (tertiary/aromatic N) is 3. The first-order valence-electron chi connectivity index (χ1n) is 4.50. The highest BCUT2D eigenvalue weighted by Gasteiger charge is 2.08. The smallest absolute Gasteiger partial charge is 0.163 e. The molecule has 0 amide bonds. The average molecular weight is 231 g/mol. The van der Waals surface area contributed by atoms with E-state index in [1.54, 1.807) is 12.1 Å². The molecule has 16 heavy (non-hydrogen) atoms. The maximum atomic E-state index is 8.70. The van der Waals surface area contributed by atoms with Gasteiger partial charge in [-0.1, -0.05) is 23.7 Å². The highest BCUT2D eigenvalue weighted by atomic mass is 35.5. The monoisotopic (exact) mass is 230 g/mol. The molecule has 5 heteroatoms. The Morgan fingerprint density at radius 1 is 1.31 bits per heavy atom. The summed E-state index contributed by atoms with van der Waals surface area (Å²) in [5.74, 6) is 0.578. The van der Waals surface area contributed by atoms with E-state index in [0.717, 1.165) is 0 Å². The van der Waals surface area contributed by atoms with Gasteiger partial charge < -0.3 is 5.73 Å². The Morgan fingerprint density at radius 2 is 2.06 bits per heavy atom. The lowest BCUT2D eigenvalue weighted by atomic mass is 10.2. The number of nitrogen functional groups attached to an aromatic ring is 1. The average Bonchev–Trinajstić information content (AvgIpc) is 2.29. The highest BCUT2D eigenvalue weighted by molar-refractivity contribution is 6.33. The number of hydrogen-bond donors (Lipinski definition) is 1. The van der Waals surface area contributed by atoms with Gasteiger partial charge in [-0.2, -0.15) is 5.26 Å². The quantitative estimate of drug-likeness (QED) is 0.815. The molecule has 0 radical (unpaired) electrons. The number of halogens is 1. The van der Waals surface area contributed by atoms with Crippen molar-refractivity contribution in [3.05, 3.63) is 41.0 Å². The summed E-state index contributed by atoms with van der Waals surface area (Å²) in [7, 11) is 0. The molecule has 0 atom stereocenters. The summed E-state index contributed by atoms with van der Waals surface area (Å²) in [4.78, 5) is 8.08. The zero-order chi connectivity index (χ0) is 11.5. The van der Waals surface area contributed by atoms with E-state index in [1.807, 2.05) is 18.2 Å². The van der Waals surface area contributed by atoms with Gasteiger partial charge in [0.15, 0.2) is 5.82 Å². The van der Waals surface area contributed by atoms with Gasteiger partial charge in [-0.3, -0.25) is 0 Å². The first kappa shape index (κ1) is 10.4. The minimum Gasteiger partial charge on any atom is -0.382 e. The normalized spacial score (nSPS) is 9.75. The van der Waals surface area contributed by atoms with Gasteiger partial charge in [-0.05, 0) is 12.1 Å². The third-order valence-corrected chi connectivity index (χ3v) is 2.38. The van der Waals surface area contributed by atoms with Gasteiger partial charge >= 0.3 is 0 Å². The first-order valence-corrected chi connectivity index (χ1v) is 4.87. The third-order valence-electron chi connectivity index (χ3n) is 2.05. The van der Waals surface area contributed by atoms with Crippen molar-refractivity contribution in [3.63, 3.8) is 0 Å². The van der Waals surface area contributed by atoms with Gasteiger partial charge in [-0.15, -0.1) is 0 Å². The van der Waals surface area contributed by atoms with E-state index in [1.165, 1.54) is 6.20 Å². The van der Waals surface area contributed by atoms with Crippen LogP contribution in [0.25, 0.3) is 11.4 Å². The second-order valence-corrected chi connectivity index (χ2v) is 3.49. The zero-order valence-electron chi connectivity index (χ0n) is 8.18. The van der Waals surface area contributed by atoms with Gasteiger partial charge in [-0.25, -0.2) is 9.97 Å². The summed E-state index contributed by atoms with van der Waals surface area (Å²) in [5.41, 5.74) is 6.56. The van der Waals surface area contributed by atoms with Crippen molar-refractivity contribution in [1.82, 2.24) is 9.97 Å². The lowest BCUT2D eigenvalue weighted by Crippen LogP contribution is -1.99. The van der Waals surface area contributed by atoms with Crippen LogP contribution in [0, 0.1) is 11.3 Å². The molecule has 2 N–H and O–H groups in total. The fourth-order valence-corrected chi connectivity index (χ4v) is 1.47. The van der Waals surface area contributed by atoms with E-state index >= 15 is 0 Å². The molecule has 4 nitrogen and oxygen atoms in total. The summed E-state index contributed by atoms with van der Waals surface area (Å²) in [6, 6.07) is 9.10. The Bertz CT molecular complexity index is 574. The number of nitrogens with two attached hydrogens (primary N) is 1. The largest absolute Gasteiger partial charge is 0.382 e. The molecule has 0 aliphatic rings. The van der Waals surface area contributed by atoms with Crippen molar-refractivity contribution in [2.45, 2.75) is 0 Å². The molecule has 1 aromatic heterocycles. The minimum atomic E-state index is 0.160. The van der Waals surface area contributed by atoms with Crippen LogP contribution in [0.4, 0.5) is 5.82 Å². The molecule has 0 spiro atoms. The maximum absolute atomic E-state index is 8.70. The van der Waals surface area contributed by atoms with Crippen LogP contribution in [0.2, 0.25) is 5.02 Å². The Labute approximate surface area is 97.3 Å². The fourth-order valence-electron chi connectivity index (χ4n) is 1.25. The van der Waals surface area contributed by atoms with Crippen molar-refractivity contribution in [3.8, 4) is 17.5 Å². The van der Waals surface area contributed by atoms with Crippen molar-refractivity contribution >= 4 is 17.4 Å². The lowest BCUT2D eigenvalue weighted by molar-refractivity contribution is 1.17. The first-order chi connectivity index (χ1) is 7.72. The second-order valence-electron chi connectivity index (χ2n) is 3.08. The van der Waals surface area contributed by atoms with Crippen LogP contribution in [0.1, 0.15) is 5.56 Å². The minimum absolute atomic E-state index is 0.160. The number of hydrogen-bond acceptors (Lipinski definition) is 4. The summed E-state index contributed by atoms with van der Waals surface area (Å²) in [5, 5.41) is 9.25. The van der Waals surface area contributed by atoms with Crippen LogP contribution in [0.15, 0.2) is 30.5 Å². The van der Waals surface area contributed by atoms with Crippen LogP contribution in [-0.2, 0) is 0 Å². The fraction of sp³-hybridized carbons (Fsp3) is 0. The van der Waals surface area contributed by atoms with E-state index in [4.69, 9.17) is 22.6 Å². The number of aromatic nitrogens is 2. The topological polar surface area (TPSA) is 75.6 Å². The molecule has 2 rings (SSSR count). The Hall–Kier alpha value is -2.12. The van der Waals surface area contributed by atoms with E-state index in [2.05, 4.69) is 9.97 Å². The summed E-state index contributed by atoms with van der Waals surface area (Å²) >= 11 is 6.00. The van der Waals surface area contributed by atoms with E-state index in [0.29, 0.717) is 16.4 Å². The van der Waals surface area contributed by atoms with Gasteiger partial charge in [0.2, 0.25) is 0 Å². The van der Waals surface area contributed by atoms with Crippen LogP contribution < -0.4 is 5.73 Å². The predicted octanol–water partition coefficient (Wildman–Crippen LogP) is 2.25. The molecule has 0 aliphatic heterocycles. The summed E-state index contributed by atoms with van der Waals surface area (Å²) in [6.45, 7) is 0. The van der Waals surface area contributed by atoms with Gasteiger partial charge in [0.05, 0.1) is 11.2 Å². The van der Waals surface area contributed by atoms with Crippen LogP contribution >= 0.6 is 11.6 Å². The number of benzene rings is 1. The van der Waals surface area contributed by atoms with Crippen molar-refractivity contribution in [2.24, 2.45) is 0 Å². The molecule has 2 aromatic rings. The maximum Gasteiger partial charge on any atom is 0.163 e. The molecule has 0 saturated heterocycles. The Balaban J connectivity index is 2.55.